The molecule has 0 bridgehead atoms. The lowest BCUT2D eigenvalue weighted by Gasteiger charge is -2.25. The molecule has 1 amide bonds. The highest BCUT2D eigenvalue weighted by Gasteiger charge is 2.22. The summed E-state index contributed by atoms with van der Waals surface area (Å²) in [5, 5.41) is 19.4. The molecule has 0 saturated carbocycles. The first-order valence-corrected chi connectivity index (χ1v) is 8.05. The van der Waals surface area contributed by atoms with Crippen LogP contribution in [0.4, 0.5) is 0 Å². The van der Waals surface area contributed by atoms with Crippen molar-refractivity contribution in [3.8, 4) is 0 Å². The van der Waals surface area contributed by atoms with E-state index in [1.807, 2.05) is 37.3 Å². The highest BCUT2D eigenvalue weighted by molar-refractivity contribution is 5.84. The number of aliphatic imine (C=N–C) groups is 1. The van der Waals surface area contributed by atoms with Gasteiger partial charge in [0, 0.05) is 20.2 Å². The number of hydrogen-bond donors (Lipinski definition) is 4. The van der Waals surface area contributed by atoms with Gasteiger partial charge in [0.15, 0.2) is 5.96 Å². The summed E-state index contributed by atoms with van der Waals surface area (Å²) in [5.74, 6) is 0.301. The van der Waals surface area contributed by atoms with E-state index in [2.05, 4.69) is 20.9 Å². The molecule has 134 valence electrons. The number of carbonyl (C=O) groups excluding carboxylic acids is 1. The van der Waals surface area contributed by atoms with E-state index >= 15 is 0 Å². The quantitative estimate of drug-likeness (QED) is 0.294. The number of guanidine groups is 1. The van der Waals surface area contributed by atoms with Crippen LogP contribution in [0.3, 0.4) is 0 Å². The van der Waals surface area contributed by atoms with Crippen molar-refractivity contribution in [2.24, 2.45) is 4.99 Å². The van der Waals surface area contributed by atoms with Gasteiger partial charge >= 0.3 is 0 Å². The Morgan fingerprint density at radius 1 is 1.25 bits per heavy atom. The lowest BCUT2D eigenvalue weighted by atomic mass is 9.96. The maximum Gasteiger partial charge on any atom is 0.241 e. The predicted octanol–water partition coefficient (Wildman–Crippen LogP) is 0.212. The Morgan fingerprint density at radius 2 is 1.96 bits per heavy atom. The van der Waals surface area contributed by atoms with Crippen LogP contribution in [-0.2, 0) is 15.1 Å². The monoisotopic (exact) mass is 336 g/mol. The lowest BCUT2D eigenvalue weighted by Crippen LogP contribution is -2.45. The third kappa shape index (κ3) is 7.43. The van der Waals surface area contributed by atoms with Gasteiger partial charge in [0.05, 0.1) is 13.2 Å². The maximum atomic E-state index is 11.7. The minimum absolute atomic E-state index is 0.00648. The van der Waals surface area contributed by atoms with E-state index < -0.39 is 5.60 Å². The zero-order chi connectivity index (χ0) is 17.8. The fourth-order valence-corrected chi connectivity index (χ4v) is 2.00. The van der Waals surface area contributed by atoms with Gasteiger partial charge in [-0.3, -0.25) is 4.79 Å². The topological polar surface area (TPSA) is 95.0 Å². The van der Waals surface area contributed by atoms with Crippen molar-refractivity contribution in [1.82, 2.24) is 16.0 Å². The average molecular weight is 336 g/mol. The van der Waals surface area contributed by atoms with Gasteiger partial charge in [0.2, 0.25) is 5.91 Å². The molecule has 4 N–H and O–H groups in total. The van der Waals surface area contributed by atoms with Crippen molar-refractivity contribution in [1.29, 1.82) is 0 Å². The van der Waals surface area contributed by atoms with Crippen LogP contribution in [0.15, 0.2) is 35.3 Å². The summed E-state index contributed by atoms with van der Waals surface area (Å²) in [4.78, 5) is 15.9. The molecule has 1 rings (SSSR count). The van der Waals surface area contributed by atoms with Crippen molar-refractivity contribution in [2.45, 2.75) is 19.4 Å². The Morgan fingerprint density at radius 3 is 2.58 bits per heavy atom. The van der Waals surface area contributed by atoms with E-state index in [0.717, 1.165) is 5.56 Å². The summed E-state index contributed by atoms with van der Waals surface area (Å²) in [6.45, 7) is 5.53. The van der Waals surface area contributed by atoms with Crippen molar-refractivity contribution in [3.05, 3.63) is 35.9 Å². The number of methoxy groups -OCH3 is 1. The molecular weight excluding hydrogens is 308 g/mol. The maximum absolute atomic E-state index is 11.7. The summed E-state index contributed by atoms with van der Waals surface area (Å²) >= 11 is 0. The van der Waals surface area contributed by atoms with Crippen LogP contribution in [-0.4, -0.2) is 56.9 Å². The van der Waals surface area contributed by atoms with Gasteiger partial charge < -0.3 is 25.8 Å². The second-order valence-electron chi connectivity index (χ2n) is 5.53. The third-order valence-electron chi connectivity index (χ3n) is 3.35. The molecule has 1 aromatic carbocycles. The summed E-state index contributed by atoms with van der Waals surface area (Å²) in [7, 11) is 1.58. The van der Waals surface area contributed by atoms with Gasteiger partial charge in [-0.15, -0.1) is 0 Å². The first kappa shape index (κ1) is 19.9. The normalized spacial score (nSPS) is 13.9. The first-order chi connectivity index (χ1) is 11.5. The van der Waals surface area contributed by atoms with E-state index in [-0.39, 0.29) is 19.0 Å². The molecule has 1 atom stereocenters. The van der Waals surface area contributed by atoms with E-state index in [1.165, 1.54) is 0 Å². The number of nitrogens with one attached hydrogen (secondary N) is 3. The number of rotatable bonds is 9. The summed E-state index contributed by atoms with van der Waals surface area (Å²) < 4.78 is 4.87. The van der Waals surface area contributed by atoms with Crippen molar-refractivity contribution >= 4 is 11.9 Å². The van der Waals surface area contributed by atoms with Crippen LogP contribution in [0, 0.1) is 0 Å². The van der Waals surface area contributed by atoms with Crippen LogP contribution in [0.2, 0.25) is 0 Å². The van der Waals surface area contributed by atoms with Gasteiger partial charge in [-0.05, 0) is 19.4 Å². The van der Waals surface area contributed by atoms with Crippen LogP contribution >= 0.6 is 0 Å². The van der Waals surface area contributed by atoms with Gasteiger partial charge in [-0.1, -0.05) is 30.3 Å². The average Bonchev–Trinajstić information content (AvgIpc) is 2.58. The molecule has 0 aliphatic heterocycles. The number of nitrogens with zero attached hydrogens (tertiary/aromatic N) is 1. The Kier molecular flexibility index (Phi) is 8.81. The van der Waals surface area contributed by atoms with E-state index in [0.29, 0.717) is 25.7 Å². The fourth-order valence-electron chi connectivity index (χ4n) is 2.00. The molecule has 24 heavy (non-hydrogen) atoms. The Labute approximate surface area is 143 Å². The number of aliphatic hydroxyl groups is 1. The van der Waals surface area contributed by atoms with Crippen LogP contribution < -0.4 is 16.0 Å². The van der Waals surface area contributed by atoms with Crippen molar-refractivity contribution in [2.75, 3.05) is 39.9 Å². The molecule has 0 radical (unpaired) electrons. The minimum Gasteiger partial charge on any atom is -0.384 e. The molecule has 7 nitrogen and oxygen atoms in total. The molecule has 0 spiro atoms. The molecule has 0 aliphatic carbocycles. The number of ether oxygens (including phenoxy) is 1. The molecule has 0 heterocycles. The summed E-state index contributed by atoms with van der Waals surface area (Å²) in [6.07, 6.45) is 0. The molecule has 1 unspecified atom stereocenters. The zero-order valence-corrected chi connectivity index (χ0v) is 14.6. The second-order valence-corrected chi connectivity index (χ2v) is 5.53. The standard InChI is InChI=1S/C17H28N4O3/c1-4-18-16(20-12-15(22)19-10-11-24-3)21-13-17(2,23)14-8-6-5-7-9-14/h5-9,23H,4,10-13H2,1-3H3,(H,19,22)(H2,18,20,21). The van der Waals surface area contributed by atoms with Crippen molar-refractivity contribution < 1.29 is 14.6 Å². The molecular formula is C17H28N4O3. The Balaban J connectivity index is 2.56. The van der Waals surface area contributed by atoms with Gasteiger partial charge in [-0.25, -0.2) is 4.99 Å². The molecule has 0 aromatic heterocycles. The van der Waals surface area contributed by atoms with Gasteiger partial charge in [0.25, 0.3) is 0 Å². The molecule has 1 aromatic rings. The summed E-state index contributed by atoms with van der Waals surface area (Å²) in [5.41, 5.74) is -0.233. The van der Waals surface area contributed by atoms with Gasteiger partial charge in [-0.2, -0.15) is 0 Å². The smallest absolute Gasteiger partial charge is 0.241 e. The van der Waals surface area contributed by atoms with Crippen molar-refractivity contribution in [3.63, 3.8) is 0 Å². The highest BCUT2D eigenvalue weighted by Crippen LogP contribution is 2.18. The van der Waals surface area contributed by atoms with E-state index in [1.54, 1.807) is 14.0 Å². The van der Waals surface area contributed by atoms with E-state index in [9.17, 15) is 9.90 Å². The SMILES string of the molecule is CCNC(=NCC(=O)NCCOC)NCC(C)(O)c1ccccc1. The number of amides is 1. The van der Waals surface area contributed by atoms with Crippen LogP contribution in [0.5, 0.6) is 0 Å². The minimum atomic E-state index is -1.04. The third-order valence-corrected chi connectivity index (χ3v) is 3.35. The predicted molar refractivity (Wildman–Crippen MR) is 94.9 cm³/mol. The molecule has 0 saturated heterocycles. The Bertz CT molecular complexity index is 518. The van der Waals surface area contributed by atoms with Crippen LogP contribution in [0.25, 0.3) is 0 Å². The number of carbonyl (C=O) groups is 1. The molecule has 0 fully saturated rings. The summed E-state index contributed by atoms with van der Waals surface area (Å²) in [6, 6.07) is 9.41. The second kappa shape index (κ2) is 10.6. The largest absolute Gasteiger partial charge is 0.384 e. The molecule has 7 heteroatoms. The zero-order valence-electron chi connectivity index (χ0n) is 14.6. The lowest BCUT2D eigenvalue weighted by molar-refractivity contribution is -0.119. The molecule has 0 aliphatic rings. The fraction of sp³-hybridized carbons (Fsp3) is 0.529. The number of benzene rings is 1. The van der Waals surface area contributed by atoms with E-state index in [4.69, 9.17) is 4.74 Å². The number of hydrogen-bond acceptors (Lipinski definition) is 4. The first-order valence-electron chi connectivity index (χ1n) is 8.05. The van der Waals surface area contributed by atoms with Crippen LogP contribution in [0.1, 0.15) is 19.4 Å². The highest BCUT2D eigenvalue weighted by atomic mass is 16.5. The van der Waals surface area contributed by atoms with Gasteiger partial charge in [0.1, 0.15) is 12.1 Å². The Hall–Kier alpha value is -2.12.